The Hall–Kier alpha value is -2.43. The minimum Gasteiger partial charge on any atom is -0.444 e. The van der Waals surface area contributed by atoms with Crippen LogP contribution in [0.3, 0.4) is 0 Å². The number of hydrogen-bond acceptors (Lipinski definition) is 6. The lowest BCUT2D eigenvalue weighted by molar-refractivity contribution is -0.137. The topological polar surface area (TPSA) is 96.0 Å². The maximum absolute atomic E-state index is 14.5. The van der Waals surface area contributed by atoms with Gasteiger partial charge in [0, 0.05) is 38.0 Å². The minimum atomic E-state index is -3.92. The van der Waals surface area contributed by atoms with Gasteiger partial charge >= 0.3 is 6.09 Å². The SMILES string of the molecule is CC(C)(C)OC(=O)N1CCC(N2CCC[C@H](Nc3cc(F)c(S(C)(=O)=O)cc3F)C2=O)CC1. The third-order valence-corrected chi connectivity index (χ3v) is 6.89. The largest absolute Gasteiger partial charge is 0.444 e. The number of anilines is 1. The van der Waals surface area contributed by atoms with E-state index in [1.54, 1.807) is 30.6 Å². The van der Waals surface area contributed by atoms with E-state index in [1.165, 1.54) is 0 Å². The zero-order chi connectivity index (χ0) is 24.6. The summed E-state index contributed by atoms with van der Waals surface area (Å²) in [5, 5.41) is 2.75. The van der Waals surface area contributed by atoms with Crippen LogP contribution in [-0.4, -0.2) is 73.8 Å². The highest BCUT2D eigenvalue weighted by Crippen LogP contribution is 2.28. The van der Waals surface area contributed by atoms with Crippen molar-refractivity contribution in [2.75, 3.05) is 31.2 Å². The quantitative estimate of drug-likeness (QED) is 0.701. The van der Waals surface area contributed by atoms with Crippen molar-refractivity contribution < 1.29 is 31.5 Å². The summed E-state index contributed by atoms with van der Waals surface area (Å²) in [6, 6.07) is 0.595. The van der Waals surface area contributed by atoms with Crippen LogP contribution in [0.4, 0.5) is 19.3 Å². The lowest BCUT2D eigenvalue weighted by atomic mass is 9.97. The molecule has 2 fully saturated rings. The first kappa shape index (κ1) is 25.2. The summed E-state index contributed by atoms with van der Waals surface area (Å²) in [6.45, 7) is 6.91. The number of piperidine rings is 2. The Balaban J connectivity index is 1.64. The van der Waals surface area contributed by atoms with Crippen molar-refractivity contribution in [3.63, 3.8) is 0 Å². The van der Waals surface area contributed by atoms with Gasteiger partial charge in [-0.1, -0.05) is 0 Å². The summed E-state index contributed by atoms with van der Waals surface area (Å²) in [6.07, 6.45) is 2.75. The lowest BCUT2D eigenvalue weighted by Crippen LogP contribution is -2.55. The molecular weight excluding hydrogens is 456 g/mol. The third-order valence-electron chi connectivity index (χ3n) is 5.78. The number of rotatable bonds is 4. The molecule has 1 atom stereocenters. The van der Waals surface area contributed by atoms with Crippen LogP contribution in [0.25, 0.3) is 0 Å². The number of ether oxygens (including phenoxy) is 1. The van der Waals surface area contributed by atoms with Crippen LogP contribution in [0, 0.1) is 11.6 Å². The summed E-state index contributed by atoms with van der Waals surface area (Å²) in [5.41, 5.74) is -0.830. The van der Waals surface area contributed by atoms with E-state index in [1.807, 2.05) is 0 Å². The Bertz CT molecular complexity index is 1020. The number of sulfone groups is 1. The van der Waals surface area contributed by atoms with Crippen LogP contribution in [-0.2, 0) is 19.4 Å². The summed E-state index contributed by atoms with van der Waals surface area (Å²) in [5.74, 6) is -2.23. The van der Waals surface area contributed by atoms with Crippen molar-refractivity contribution in [2.24, 2.45) is 0 Å². The maximum atomic E-state index is 14.5. The number of nitrogens with zero attached hydrogens (tertiary/aromatic N) is 2. The van der Waals surface area contributed by atoms with Gasteiger partial charge in [0.05, 0.1) is 5.69 Å². The van der Waals surface area contributed by atoms with Crippen LogP contribution < -0.4 is 5.32 Å². The van der Waals surface area contributed by atoms with Crippen molar-refractivity contribution in [3.8, 4) is 0 Å². The van der Waals surface area contributed by atoms with E-state index in [-0.39, 0.29) is 23.7 Å². The molecule has 8 nitrogen and oxygen atoms in total. The van der Waals surface area contributed by atoms with Crippen LogP contribution in [0.15, 0.2) is 17.0 Å². The Kier molecular flexibility index (Phi) is 7.21. The summed E-state index contributed by atoms with van der Waals surface area (Å²) in [7, 11) is -3.92. The second-order valence-corrected chi connectivity index (χ2v) is 11.6. The number of benzene rings is 1. The molecule has 0 unspecified atom stereocenters. The standard InChI is InChI=1S/C22H31F2N3O5S/c1-22(2,3)32-21(29)26-10-7-14(8-11-26)27-9-5-6-17(20(27)28)25-18-12-16(24)19(13-15(18)23)33(4,30)31/h12-14,17,25H,5-11H2,1-4H3/t17-/m0/s1. The van der Waals surface area contributed by atoms with Gasteiger partial charge in [0.15, 0.2) is 9.84 Å². The van der Waals surface area contributed by atoms with Crippen LogP contribution in [0.1, 0.15) is 46.5 Å². The molecule has 1 aromatic rings. The molecular formula is C22H31F2N3O5S. The second kappa shape index (κ2) is 9.44. The first-order valence-corrected chi connectivity index (χ1v) is 12.9. The lowest BCUT2D eigenvalue weighted by Gasteiger charge is -2.42. The highest BCUT2D eigenvalue weighted by atomic mass is 32.2. The average molecular weight is 488 g/mol. The zero-order valence-corrected chi connectivity index (χ0v) is 20.2. The Morgan fingerprint density at radius 3 is 2.30 bits per heavy atom. The number of carbonyl (C=O) groups excluding carboxylic acids is 2. The van der Waals surface area contributed by atoms with Crippen LogP contribution >= 0.6 is 0 Å². The van der Waals surface area contributed by atoms with Crippen molar-refractivity contribution >= 4 is 27.5 Å². The second-order valence-electron chi connectivity index (χ2n) is 9.60. The molecule has 2 aliphatic heterocycles. The van der Waals surface area contributed by atoms with E-state index < -0.39 is 38.0 Å². The maximum Gasteiger partial charge on any atom is 0.410 e. The van der Waals surface area contributed by atoms with Crippen molar-refractivity contribution in [1.82, 2.24) is 9.80 Å². The molecule has 1 aromatic carbocycles. The van der Waals surface area contributed by atoms with E-state index in [2.05, 4.69) is 5.32 Å². The van der Waals surface area contributed by atoms with E-state index in [0.717, 1.165) is 12.3 Å². The highest BCUT2D eigenvalue weighted by Gasteiger charge is 2.36. The van der Waals surface area contributed by atoms with Gasteiger partial charge in [-0.3, -0.25) is 4.79 Å². The summed E-state index contributed by atoms with van der Waals surface area (Å²) in [4.78, 5) is 28.0. The van der Waals surface area contributed by atoms with E-state index in [4.69, 9.17) is 4.74 Å². The predicted octanol–water partition coefficient (Wildman–Crippen LogP) is 3.17. The van der Waals surface area contributed by atoms with E-state index >= 15 is 0 Å². The highest BCUT2D eigenvalue weighted by molar-refractivity contribution is 7.90. The van der Waals surface area contributed by atoms with Gasteiger partial charge in [-0.2, -0.15) is 0 Å². The minimum absolute atomic E-state index is 0.0602. The molecule has 0 bridgehead atoms. The van der Waals surface area contributed by atoms with E-state index in [9.17, 15) is 26.8 Å². The van der Waals surface area contributed by atoms with Crippen molar-refractivity contribution in [1.29, 1.82) is 0 Å². The third kappa shape index (κ3) is 6.13. The molecule has 3 rings (SSSR count). The van der Waals surface area contributed by atoms with Crippen molar-refractivity contribution in [2.45, 2.75) is 69.0 Å². The monoisotopic (exact) mass is 487 g/mol. The zero-order valence-electron chi connectivity index (χ0n) is 19.4. The van der Waals surface area contributed by atoms with Gasteiger partial charge in [-0.05, 0) is 52.5 Å². The van der Waals surface area contributed by atoms with Gasteiger partial charge < -0.3 is 19.9 Å². The number of likely N-dealkylation sites (tertiary alicyclic amines) is 2. The average Bonchev–Trinajstić information content (AvgIpc) is 2.70. The summed E-state index contributed by atoms with van der Waals surface area (Å²) >= 11 is 0. The molecule has 2 aliphatic rings. The Labute approximate surface area is 193 Å². The van der Waals surface area contributed by atoms with E-state index in [0.29, 0.717) is 51.4 Å². The number of hydrogen-bond donors (Lipinski definition) is 1. The normalized spacial score (nSPS) is 20.7. The summed E-state index contributed by atoms with van der Waals surface area (Å²) < 4.78 is 57.3. The Morgan fingerprint density at radius 1 is 1.09 bits per heavy atom. The number of amides is 2. The fourth-order valence-electron chi connectivity index (χ4n) is 4.19. The number of halogens is 2. The molecule has 2 amide bonds. The van der Waals surface area contributed by atoms with Gasteiger partial charge in [0.2, 0.25) is 5.91 Å². The fraction of sp³-hybridized carbons (Fsp3) is 0.636. The molecule has 0 spiro atoms. The smallest absolute Gasteiger partial charge is 0.410 e. The molecule has 0 saturated carbocycles. The molecule has 33 heavy (non-hydrogen) atoms. The van der Waals surface area contributed by atoms with Gasteiger partial charge in [-0.15, -0.1) is 0 Å². The molecule has 0 aliphatic carbocycles. The van der Waals surface area contributed by atoms with Gasteiger partial charge in [0.1, 0.15) is 28.2 Å². The molecule has 0 aromatic heterocycles. The van der Waals surface area contributed by atoms with Crippen LogP contribution in [0.2, 0.25) is 0 Å². The molecule has 11 heteroatoms. The molecule has 184 valence electrons. The predicted molar refractivity (Wildman–Crippen MR) is 119 cm³/mol. The van der Waals surface area contributed by atoms with Crippen molar-refractivity contribution in [3.05, 3.63) is 23.8 Å². The molecule has 2 heterocycles. The van der Waals surface area contributed by atoms with Gasteiger partial charge in [-0.25, -0.2) is 22.0 Å². The molecule has 2 saturated heterocycles. The fourth-order valence-corrected chi connectivity index (χ4v) is 4.92. The Morgan fingerprint density at radius 2 is 1.73 bits per heavy atom. The first-order valence-electron chi connectivity index (χ1n) is 11.0. The molecule has 1 N–H and O–H groups in total. The molecule has 0 radical (unpaired) electrons. The number of carbonyl (C=O) groups is 2. The first-order chi connectivity index (χ1) is 15.3. The number of nitrogens with one attached hydrogen (secondary N) is 1. The van der Waals surface area contributed by atoms with Gasteiger partial charge in [0.25, 0.3) is 0 Å². The van der Waals surface area contributed by atoms with Crippen LogP contribution in [0.5, 0.6) is 0 Å².